The van der Waals surface area contributed by atoms with Crippen molar-refractivity contribution in [2.24, 2.45) is 0 Å². The Hall–Kier alpha value is -3.13. The second-order valence-electron chi connectivity index (χ2n) is 7.06. The molecule has 6 nitrogen and oxygen atoms in total. The Labute approximate surface area is 173 Å². The number of carbonyl (C=O) groups is 1. The monoisotopic (exact) mass is 451 g/mol. The summed E-state index contributed by atoms with van der Waals surface area (Å²) in [4.78, 5) is 21.5. The van der Waals surface area contributed by atoms with Crippen LogP contribution in [-0.4, -0.2) is 25.7 Å². The second kappa shape index (κ2) is 6.73. The van der Waals surface area contributed by atoms with Crippen LogP contribution in [0.3, 0.4) is 0 Å². The summed E-state index contributed by atoms with van der Waals surface area (Å²) in [6.45, 7) is 0. The van der Waals surface area contributed by atoms with Crippen LogP contribution in [0.4, 0.5) is 4.39 Å². The van der Waals surface area contributed by atoms with Crippen molar-refractivity contribution in [2.45, 2.75) is 18.4 Å². The fourth-order valence-corrected chi connectivity index (χ4v) is 3.87. The third-order valence-electron chi connectivity index (χ3n) is 5.19. The Balaban J connectivity index is 1.49. The minimum atomic E-state index is -0.377. The number of benzene rings is 1. The first-order valence-electron chi connectivity index (χ1n) is 9.08. The highest BCUT2D eigenvalue weighted by Crippen LogP contribution is 2.46. The van der Waals surface area contributed by atoms with E-state index in [2.05, 4.69) is 36.3 Å². The molecule has 4 aromatic rings. The Morgan fingerprint density at radius 2 is 1.93 bits per heavy atom. The topological polar surface area (TPSA) is 72.7 Å². The van der Waals surface area contributed by atoms with Crippen molar-refractivity contribution in [1.82, 2.24) is 25.1 Å². The molecule has 0 saturated heterocycles. The van der Waals surface area contributed by atoms with Crippen molar-refractivity contribution in [2.75, 3.05) is 0 Å². The standard InChI is InChI=1S/C21H15BrFN5O/c22-19-9-13(5-8-25-19)21(6-7-21)27-20(29)17-10-24-12-18-16(17)11-26-28(18)15-3-1-14(23)2-4-15/h1-5,8-12H,6-7H2,(H,27,29). The molecule has 1 aliphatic rings. The van der Waals surface area contributed by atoms with Gasteiger partial charge in [0.15, 0.2) is 0 Å². The molecule has 8 heteroatoms. The number of pyridine rings is 2. The molecule has 1 amide bonds. The number of nitrogens with zero attached hydrogens (tertiary/aromatic N) is 4. The van der Waals surface area contributed by atoms with Crippen molar-refractivity contribution in [3.8, 4) is 5.69 Å². The first kappa shape index (κ1) is 17.9. The van der Waals surface area contributed by atoms with Crippen LogP contribution < -0.4 is 5.32 Å². The van der Waals surface area contributed by atoms with E-state index in [-0.39, 0.29) is 17.3 Å². The minimum Gasteiger partial charge on any atom is -0.342 e. The lowest BCUT2D eigenvalue weighted by atomic mass is 10.1. The number of hydrogen-bond acceptors (Lipinski definition) is 4. The number of rotatable bonds is 4. The van der Waals surface area contributed by atoms with Crippen LogP contribution in [0.1, 0.15) is 28.8 Å². The van der Waals surface area contributed by atoms with Gasteiger partial charge in [0, 0.05) is 17.8 Å². The Morgan fingerprint density at radius 3 is 2.66 bits per heavy atom. The summed E-state index contributed by atoms with van der Waals surface area (Å²) in [7, 11) is 0. The number of hydrogen-bond donors (Lipinski definition) is 1. The first-order chi connectivity index (χ1) is 14.1. The van der Waals surface area contributed by atoms with E-state index in [1.54, 1.807) is 41.6 Å². The van der Waals surface area contributed by atoms with Gasteiger partial charge in [0.2, 0.25) is 0 Å². The zero-order valence-electron chi connectivity index (χ0n) is 15.1. The molecule has 0 atom stereocenters. The van der Waals surface area contributed by atoms with Crippen molar-refractivity contribution in [3.05, 3.63) is 82.7 Å². The summed E-state index contributed by atoms with van der Waals surface area (Å²) in [5.41, 5.74) is 2.48. The fraction of sp³-hybridized carbons (Fsp3) is 0.143. The van der Waals surface area contributed by atoms with Gasteiger partial charge >= 0.3 is 0 Å². The van der Waals surface area contributed by atoms with Gasteiger partial charge in [0.25, 0.3) is 5.91 Å². The molecule has 1 N–H and O–H groups in total. The van der Waals surface area contributed by atoms with Gasteiger partial charge in [-0.1, -0.05) is 0 Å². The Kier molecular flexibility index (Phi) is 4.16. The van der Waals surface area contributed by atoms with Crippen LogP contribution in [0.25, 0.3) is 16.6 Å². The Bertz CT molecular complexity index is 1230. The predicted octanol–water partition coefficient (Wildman–Crippen LogP) is 4.14. The lowest BCUT2D eigenvalue weighted by Gasteiger charge is -2.18. The van der Waals surface area contributed by atoms with Gasteiger partial charge in [0.05, 0.1) is 34.7 Å². The highest BCUT2D eigenvalue weighted by Gasteiger charge is 2.46. The van der Waals surface area contributed by atoms with Gasteiger partial charge in [0.1, 0.15) is 10.4 Å². The zero-order chi connectivity index (χ0) is 20.0. The number of fused-ring (bicyclic) bond motifs is 1. The first-order valence-corrected chi connectivity index (χ1v) is 9.87. The van der Waals surface area contributed by atoms with E-state index in [1.165, 1.54) is 12.1 Å². The van der Waals surface area contributed by atoms with Gasteiger partial charge in [-0.15, -0.1) is 0 Å². The van der Waals surface area contributed by atoms with E-state index >= 15 is 0 Å². The molecule has 1 aliphatic carbocycles. The average Bonchev–Trinajstić information content (AvgIpc) is 3.38. The third-order valence-corrected chi connectivity index (χ3v) is 5.63. The molecule has 0 unspecified atom stereocenters. The quantitative estimate of drug-likeness (QED) is 0.473. The smallest absolute Gasteiger partial charge is 0.254 e. The van der Waals surface area contributed by atoms with Crippen LogP contribution in [0.5, 0.6) is 0 Å². The lowest BCUT2D eigenvalue weighted by Crippen LogP contribution is -2.35. The molecule has 0 aliphatic heterocycles. The summed E-state index contributed by atoms with van der Waals surface area (Å²) < 4.78 is 15.6. The van der Waals surface area contributed by atoms with E-state index in [0.717, 1.165) is 23.0 Å². The molecule has 3 heterocycles. The molecule has 0 spiro atoms. The van der Waals surface area contributed by atoms with Gasteiger partial charge in [-0.2, -0.15) is 5.10 Å². The summed E-state index contributed by atoms with van der Waals surface area (Å²) in [5.74, 6) is -0.520. The van der Waals surface area contributed by atoms with Crippen molar-refractivity contribution < 1.29 is 9.18 Å². The van der Waals surface area contributed by atoms with Crippen LogP contribution in [0.2, 0.25) is 0 Å². The normalized spacial score (nSPS) is 14.7. The van der Waals surface area contributed by atoms with Gasteiger partial charge in [-0.05, 0) is 70.7 Å². The molecule has 144 valence electrons. The molecular weight excluding hydrogens is 437 g/mol. The second-order valence-corrected chi connectivity index (χ2v) is 7.87. The van der Waals surface area contributed by atoms with E-state index in [9.17, 15) is 9.18 Å². The van der Waals surface area contributed by atoms with E-state index in [4.69, 9.17) is 0 Å². The van der Waals surface area contributed by atoms with Crippen molar-refractivity contribution >= 4 is 32.7 Å². The van der Waals surface area contributed by atoms with E-state index in [0.29, 0.717) is 22.2 Å². The molecule has 0 bridgehead atoms. The highest BCUT2D eigenvalue weighted by atomic mass is 79.9. The van der Waals surface area contributed by atoms with Crippen LogP contribution >= 0.6 is 15.9 Å². The van der Waals surface area contributed by atoms with Crippen LogP contribution in [-0.2, 0) is 5.54 Å². The maximum atomic E-state index is 13.2. The maximum absolute atomic E-state index is 13.2. The number of aromatic nitrogens is 4. The Morgan fingerprint density at radius 1 is 1.14 bits per heavy atom. The molecular formula is C21H15BrFN5O. The number of nitrogens with one attached hydrogen (secondary N) is 1. The molecule has 1 aromatic carbocycles. The summed E-state index contributed by atoms with van der Waals surface area (Å²) in [5, 5.41) is 8.23. The third kappa shape index (κ3) is 3.19. The fourth-order valence-electron chi connectivity index (χ4n) is 3.51. The molecule has 29 heavy (non-hydrogen) atoms. The average molecular weight is 452 g/mol. The minimum absolute atomic E-state index is 0.202. The van der Waals surface area contributed by atoms with Crippen molar-refractivity contribution in [3.63, 3.8) is 0 Å². The van der Waals surface area contributed by atoms with Crippen LogP contribution in [0.15, 0.2) is 65.8 Å². The van der Waals surface area contributed by atoms with Gasteiger partial charge < -0.3 is 5.32 Å². The summed E-state index contributed by atoms with van der Waals surface area (Å²) >= 11 is 3.39. The SMILES string of the molecule is O=C(NC1(c2ccnc(Br)c2)CC1)c1cncc2c1cnn2-c1ccc(F)cc1. The zero-order valence-corrected chi connectivity index (χ0v) is 16.7. The number of amides is 1. The molecule has 0 radical (unpaired) electrons. The molecule has 1 fully saturated rings. The lowest BCUT2D eigenvalue weighted by molar-refractivity contribution is 0.0932. The number of halogens is 2. The van der Waals surface area contributed by atoms with Gasteiger partial charge in [-0.25, -0.2) is 14.1 Å². The molecule has 1 saturated carbocycles. The maximum Gasteiger partial charge on any atom is 0.254 e. The van der Waals surface area contributed by atoms with Crippen molar-refractivity contribution in [1.29, 1.82) is 0 Å². The van der Waals surface area contributed by atoms with E-state index in [1.807, 2.05) is 12.1 Å². The highest BCUT2D eigenvalue weighted by molar-refractivity contribution is 9.10. The predicted molar refractivity (Wildman–Crippen MR) is 109 cm³/mol. The van der Waals surface area contributed by atoms with Gasteiger partial charge in [-0.3, -0.25) is 9.78 Å². The molecule has 3 aromatic heterocycles. The number of carbonyl (C=O) groups excluding carboxylic acids is 1. The molecule has 5 rings (SSSR count). The largest absolute Gasteiger partial charge is 0.342 e. The summed E-state index contributed by atoms with van der Waals surface area (Å²) in [6, 6.07) is 9.86. The van der Waals surface area contributed by atoms with Crippen LogP contribution in [0, 0.1) is 5.82 Å². The summed E-state index contributed by atoms with van der Waals surface area (Å²) in [6.07, 6.45) is 8.29. The van der Waals surface area contributed by atoms with E-state index < -0.39 is 0 Å².